The fraction of sp³-hybridized carbons (Fsp3) is 0.0714. The van der Waals surface area contributed by atoms with E-state index in [9.17, 15) is 9.18 Å². The molecule has 2 aromatic carbocycles. The van der Waals surface area contributed by atoms with Gasteiger partial charge < -0.3 is 4.74 Å². The molecule has 0 N–H and O–H groups in total. The number of carbonyl (C=O) groups is 1. The number of halogens is 2. The molecule has 2 nitrogen and oxygen atoms in total. The highest BCUT2D eigenvalue weighted by molar-refractivity contribution is 6.30. The van der Waals surface area contributed by atoms with Crippen LogP contribution in [-0.2, 0) is 6.61 Å². The molecule has 0 fully saturated rings. The van der Waals surface area contributed by atoms with Gasteiger partial charge in [-0.05, 0) is 35.9 Å². The van der Waals surface area contributed by atoms with Gasteiger partial charge in [-0.2, -0.15) is 0 Å². The summed E-state index contributed by atoms with van der Waals surface area (Å²) in [6.45, 7) is 0.220. The van der Waals surface area contributed by atoms with Crippen molar-refractivity contribution in [2.45, 2.75) is 6.61 Å². The summed E-state index contributed by atoms with van der Waals surface area (Å²) in [5.41, 5.74) is 1.13. The van der Waals surface area contributed by atoms with Gasteiger partial charge >= 0.3 is 0 Å². The topological polar surface area (TPSA) is 26.3 Å². The van der Waals surface area contributed by atoms with Crippen molar-refractivity contribution in [2.24, 2.45) is 0 Å². The van der Waals surface area contributed by atoms with E-state index >= 15 is 0 Å². The molecule has 18 heavy (non-hydrogen) atoms. The molecule has 0 bridgehead atoms. The van der Waals surface area contributed by atoms with Crippen molar-refractivity contribution in [1.82, 2.24) is 0 Å². The fourth-order valence-corrected chi connectivity index (χ4v) is 1.71. The van der Waals surface area contributed by atoms with Gasteiger partial charge in [-0.1, -0.05) is 23.7 Å². The normalized spacial score (nSPS) is 10.1. The molecule has 0 aliphatic carbocycles. The molecular formula is C14H10ClFO2. The molecule has 0 radical (unpaired) electrons. The molecule has 0 saturated carbocycles. The van der Waals surface area contributed by atoms with Crippen LogP contribution in [0.2, 0.25) is 5.02 Å². The first kappa shape index (κ1) is 12.6. The lowest BCUT2D eigenvalue weighted by Crippen LogP contribution is -1.98. The van der Waals surface area contributed by atoms with Gasteiger partial charge in [0, 0.05) is 10.6 Å². The van der Waals surface area contributed by atoms with Gasteiger partial charge in [-0.15, -0.1) is 0 Å². The van der Waals surface area contributed by atoms with Crippen LogP contribution in [-0.4, -0.2) is 6.29 Å². The number of hydrogen-bond donors (Lipinski definition) is 0. The second-order valence-corrected chi connectivity index (χ2v) is 4.16. The number of ether oxygens (including phenoxy) is 1. The molecule has 0 aromatic heterocycles. The summed E-state index contributed by atoms with van der Waals surface area (Å²) in [6, 6.07) is 11.2. The third kappa shape index (κ3) is 3.08. The molecule has 2 aromatic rings. The summed E-state index contributed by atoms with van der Waals surface area (Å²) in [5.74, 6) is -0.442. The Hall–Kier alpha value is -1.87. The molecule has 0 saturated heterocycles. The summed E-state index contributed by atoms with van der Waals surface area (Å²) in [5, 5.41) is 0.605. The van der Waals surface area contributed by atoms with Crippen molar-refractivity contribution in [3.05, 3.63) is 64.4 Å². The molecule has 4 heteroatoms. The van der Waals surface area contributed by atoms with Crippen molar-refractivity contribution in [3.8, 4) is 5.75 Å². The van der Waals surface area contributed by atoms with E-state index in [0.717, 1.165) is 11.6 Å². The minimum Gasteiger partial charge on any atom is -0.486 e. The minimum atomic E-state index is -0.554. The van der Waals surface area contributed by atoms with Crippen LogP contribution < -0.4 is 4.74 Å². The Balaban J connectivity index is 2.08. The zero-order valence-electron chi connectivity index (χ0n) is 9.40. The lowest BCUT2D eigenvalue weighted by Gasteiger charge is -2.07. The van der Waals surface area contributed by atoms with E-state index in [2.05, 4.69) is 0 Å². The van der Waals surface area contributed by atoms with E-state index in [0.29, 0.717) is 11.3 Å². The van der Waals surface area contributed by atoms with Gasteiger partial charge in [0.15, 0.2) is 11.6 Å². The molecule has 0 spiro atoms. The first-order valence-corrected chi connectivity index (χ1v) is 5.69. The molecule has 2 rings (SSSR count). The van der Waals surface area contributed by atoms with Crippen LogP contribution in [0.15, 0.2) is 42.5 Å². The van der Waals surface area contributed by atoms with Crippen LogP contribution in [0, 0.1) is 5.82 Å². The molecule has 0 aliphatic rings. The molecule has 92 valence electrons. The highest BCUT2D eigenvalue weighted by Crippen LogP contribution is 2.19. The van der Waals surface area contributed by atoms with Gasteiger partial charge in [0.05, 0.1) is 0 Å². The van der Waals surface area contributed by atoms with Crippen LogP contribution in [0.25, 0.3) is 0 Å². The smallest absolute Gasteiger partial charge is 0.165 e. The van der Waals surface area contributed by atoms with Gasteiger partial charge in [-0.25, -0.2) is 4.39 Å². The average molecular weight is 265 g/mol. The van der Waals surface area contributed by atoms with Crippen LogP contribution in [0.5, 0.6) is 5.75 Å². The maximum absolute atomic E-state index is 13.5. The van der Waals surface area contributed by atoms with Crippen LogP contribution in [0.1, 0.15) is 15.9 Å². The first-order valence-electron chi connectivity index (χ1n) is 5.31. The second-order valence-electron chi connectivity index (χ2n) is 3.73. The summed E-state index contributed by atoms with van der Waals surface area (Å²) >= 11 is 5.83. The number of aldehydes is 1. The van der Waals surface area contributed by atoms with E-state index in [4.69, 9.17) is 16.3 Å². The lowest BCUT2D eigenvalue weighted by atomic mass is 10.2. The Morgan fingerprint density at radius 3 is 2.72 bits per heavy atom. The Kier molecular flexibility index (Phi) is 3.95. The maximum Gasteiger partial charge on any atom is 0.165 e. The molecular weight excluding hydrogens is 255 g/mol. The van der Waals surface area contributed by atoms with E-state index in [1.165, 1.54) is 12.1 Å². The number of hydrogen-bond acceptors (Lipinski definition) is 2. The maximum atomic E-state index is 13.5. The Morgan fingerprint density at radius 1 is 1.22 bits per heavy atom. The predicted octanol–water partition coefficient (Wildman–Crippen LogP) is 3.87. The zero-order chi connectivity index (χ0) is 13.0. The Morgan fingerprint density at radius 2 is 2.06 bits per heavy atom. The van der Waals surface area contributed by atoms with Crippen molar-refractivity contribution in [3.63, 3.8) is 0 Å². The number of benzene rings is 2. The molecule has 0 amide bonds. The quantitative estimate of drug-likeness (QED) is 0.784. The second kappa shape index (κ2) is 5.65. The van der Waals surface area contributed by atoms with Crippen LogP contribution >= 0.6 is 11.6 Å². The van der Waals surface area contributed by atoms with Crippen molar-refractivity contribution in [2.75, 3.05) is 0 Å². The summed E-state index contributed by atoms with van der Waals surface area (Å²) in [7, 11) is 0. The molecule has 0 aliphatic heterocycles. The molecule has 0 atom stereocenters. The molecule has 0 heterocycles. The van der Waals surface area contributed by atoms with Gasteiger partial charge in [0.25, 0.3) is 0 Å². The van der Waals surface area contributed by atoms with E-state index in [-0.39, 0.29) is 17.9 Å². The third-order valence-corrected chi connectivity index (χ3v) is 2.61. The van der Waals surface area contributed by atoms with E-state index in [1.807, 2.05) is 6.07 Å². The highest BCUT2D eigenvalue weighted by Gasteiger charge is 2.05. The summed E-state index contributed by atoms with van der Waals surface area (Å²) in [6.07, 6.45) is 0.587. The van der Waals surface area contributed by atoms with Crippen LogP contribution in [0.4, 0.5) is 4.39 Å². The van der Waals surface area contributed by atoms with Gasteiger partial charge in [-0.3, -0.25) is 4.79 Å². The van der Waals surface area contributed by atoms with Crippen molar-refractivity contribution in [1.29, 1.82) is 0 Å². The summed E-state index contributed by atoms with van der Waals surface area (Å²) < 4.78 is 18.8. The highest BCUT2D eigenvalue weighted by atomic mass is 35.5. The van der Waals surface area contributed by atoms with E-state index < -0.39 is 5.82 Å². The SMILES string of the molecule is O=Cc1ccc(OCc2cccc(Cl)c2)c(F)c1. The van der Waals surface area contributed by atoms with Gasteiger partial charge in [0.2, 0.25) is 0 Å². The monoisotopic (exact) mass is 264 g/mol. The lowest BCUT2D eigenvalue weighted by molar-refractivity contribution is 0.112. The van der Waals surface area contributed by atoms with Crippen LogP contribution in [0.3, 0.4) is 0 Å². The van der Waals surface area contributed by atoms with Crippen molar-refractivity contribution >= 4 is 17.9 Å². The van der Waals surface area contributed by atoms with E-state index in [1.54, 1.807) is 18.2 Å². The minimum absolute atomic E-state index is 0.112. The zero-order valence-corrected chi connectivity index (χ0v) is 10.2. The number of rotatable bonds is 4. The predicted molar refractivity (Wildman–Crippen MR) is 67.6 cm³/mol. The Labute approximate surface area is 109 Å². The molecule has 0 unspecified atom stereocenters. The fourth-order valence-electron chi connectivity index (χ4n) is 1.50. The third-order valence-electron chi connectivity index (χ3n) is 2.38. The standard InChI is InChI=1S/C14H10ClFO2/c15-12-3-1-2-11(6-12)9-18-14-5-4-10(8-17)7-13(14)16/h1-8H,9H2. The van der Waals surface area contributed by atoms with Crippen molar-refractivity contribution < 1.29 is 13.9 Å². The average Bonchev–Trinajstić information content (AvgIpc) is 2.37. The summed E-state index contributed by atoms with van der Waals surface area (Å²) in [4.78, 5) is 10.5. The number of carbonyl (C=O) groups excluding carboxylic acids is 1. The Bertz CT molecular complexity index is 569. The largest absolute Gasteiger partial charge is 0.486 e. The van der Waals surface area contributed by atoms with Gasteiger partial charge in [0.1, 0.15) is 12.9 Å². The first-order chi connectivity index (χ1) is 8.69.